The van der Waals surface area contributed by atoms with Gasteiger partial charge < -0.3 is 21.2 Å². The van der Waals surface area contributed by atoms with Crippen LogP contribution in [-0.2, 0) is 6.42 Å². The summed E-state index contributed by atoms with van der Waals surface area (Å²) in [7, 11) is 1.80. The number of hydrogen-bond donors (Lipinski definition) is 3. The number of rotatable bonds is 9. The van der Waals surface area contributed by atoms with E-state index in [-0.39, 0.29) is 1.43 Å². The van der Waals surface area contributed by atoms with Crippen molar-refractivity contribution < 1.29 is 11.0 Å². The lowest BCUT2D eigenvalue weighted by atomic mass is 9.99. The van der Waals surface area contributed by atoms with Gasteiger partial charge in [0.2, 0.25) is 5.91 Å². The van der Waals surface area contributed by atoms with E-state index >= 15 is 0 Å². The summed E-state index contributed by atoms with van der Waals surface area (Å²) in [6.45, 7) is 15.5. The van der Waals surface area contributed by atoms with Crippen molar-refractivity contribution in [1.29, 1.82) is 5.41 Å². The first kappa shape index (κ1) is 29.3. The fraction of sp³-hybridized carbons (Fsp3) is 0.296. The number of nitrogens with zero attached hydrogens (tertiary/aromatic N) is 1. The molecule has 0 atom stereocenters. The minimum atomic E-state index is -0.448. The zero-order valence-electron chi connectivity index (χ0n) is 21.0. The van der Waals surface area contributed by atoms with Crippen LogP contribution in [0.2, 0.25) is 0 Å². The monoisotopic (exact) mass is 452 g/mol. The molecule has 0 heterocycles. The van der Waals surface area contributed by atoms with E-state index in [1.807, 2.05) is 65.8 Å². The average Bonchev–Trinajstić information content (AvgIpc) is 2.88. The van der Waals surface area contributed by atoms with Gasteiger partial charge in [-0.1, -0.05) is 40.7 Å². The average molecular weight is 453 g/mol. The lowest BCUT2D eigenvalue weighted by Crippen LogP contribution is -2.13. The first-order valence-electron chi connectivity index (χ1n) is 11.2. The van der Waals surface area contributed by atoms with Crippen LogP contribution < -0.4 is 15.8 Å². The number of nitrogens with one attached hydrogen (secondary N) is 2. The Morgan fingerprint density at radius 3 is 2.36 bits per heavy atom. The Balaban J connectivity index is 0. The number of amides is 1. The molecule has 2 aromatic carbocycles. The fourth-order valence-corrected chi connectivity index (χ4v) is 2.89. The predicted molar refractivity (Wildman–Crippen MR) is 145 cm³/mol. The lowest BCUT2D eigenvalue weighted by Gasteiger charge is -2.12. The van der Waals surface area contributed by atoms with E-state index in [0.29, 0.717) is 29.2 Å². The molecule has 6 heteroatoms. The van der Waals surface area contributed by atoms with Crippen molar-refractivity contribution in [2.45, 2.75) is 48.0 Å². The van der Waals surface area contributed by atoms with Crippen molar-refractivity contribution in [3.05, 3.63) is 76.6 Å². The van der Waals surface area contributed by atoms with E-state index in [9.17, 15) is 4.79 Å². The van der Waals surface area contributed by atoms with E-state index in [1.54, 1.807) is 31.3 Å². The van der Waals surface area contributed by atoms with Gasteiger partial charge >= 0.3 is 0 Å². The van der Waals surface area contributed by atoms with Gasteiger partial charge in [-0.15, -0.1) is 0 Å². The van der Waals surface area contributed by atoms with Gasteiger partial charge in [0, 0.05) is 49.2 Å². The number of allylic oxidation sites excluding steroid dienone is 2. The van der Waals surface area contributed by atoms with Crippen molar-refractivity contribution >= 4 is 30.2 Å². The van der Waals surface area contributed by atoms with Gasteiger partial charge in [-0.25, -0.2) is 0 Å². The van der Waals surface area contributed by atoms with Crippen molar-refractivity contribution in [2.75, 3.05) is 12.4 Å². The summed E-state index contributed by atoms with van der Waals surface area (Å²) in [6, 6.07) is 10.8. The number of aliphatic imine (C=N–C) groups is 1. The normalized spacial score (nSPS) is 10.6. The summed E-state index contributed by atoms with van der Waals surface area (Å²) < 4.78 is 5.99. The maximum atomic E-state index is 11.6. The Bertz CT molecular complexity index is 998. The maximum Gasteiger partial charge on any atom is 0.248 e. The number of ether oxygens (including phenoxy) is 1. The quantitative estimate of drug-likeness (QED) is 0.224. The number of primary amides is 1. The highest BCUT2D eigenvalue weighted by atomic mass is 16.5. The van der Waals surface area contributed by atoms with E-state index in [0.717, 1.165) is 22.4 Å². The summed E-state index contributed by atoms with van der Waals surface area (Å²) in [5, 5.41) is 10.5. The molecule has 6 nitrogen and oxygen atoms in total. The van der Waals surface area contributed by atoms with Crippen molar-refractivity contribution in [2.24, 2.45) is 10.7 Å². The lowest BCUT2D eigenvalue weighted by molar-refractivity contribution is 0.0999. The first-order valence-corrected chi connectivity index (χ1v) is 11.2. The second kappa shape index (κ2) is 16.0. The van der Waals surface area contributed by atoms with Crippen molar-refractivity contribution in [3.8, 4) is 5.75 Å². The van der Waals surface area contributed by atoms with E-state index in [4.69, 9.17) is 15.9 Å². The summed E-state index contributed by atoms with van der Waals surface area (Å²) in [5.74, 6) is 0.775. The molecule has 0 saturated carbocycles. The van der Waals surface area contributed by atoms with Crippen LogP contribution in [0.25, 0.3) is 5.70 Å². The molecule has 0 aliphatic heterocycles. The number of anilines is 1. The largest absolute Gasteiger partial charge is 0.458 e. The SMILES string of the molecule is C=N/C(=C\C(=C/C)Oc1ccc(C=N)c(NC)c1)c1ccc(C(N)=O)c(CC)c1.CC.CC.[HH]. The second-order valence-electron chi connectivity index (χ2n) is 6.21. The van der Waals surface area contributed by atoms with Crippen molar-refractivity contribution in [1.82, 2.24) is 0 Å². The summed E-state index contributed by atoms with van der Waals surface area (Å²) in [6.07, 6.45) is 5.57. The van der Waals surface area contributed by atoms with Gasteiger partial charge in [0.15, 0.2) is 0 Å². The molecule has 0 spiro atoms. The summed E-state index contributed by atoms with van der Waals surface area (Å²) in [5.41, 5.74) is 9.82. The van der Waals surface area contributed by atoms with Gasteiger partial charge in [0.05, 0.1) is 5.70 Å². The summed E-state index contributed by atoms with van der Waals surface area (Å²) >= 11 is 0. The van der Waals surface area contributed by atoms with Crippen LogP contribution in [0.3, 0.4) is 0 Å². The van der Waals surface area contributed by atoms with Gasteiger partial charge in [-0.3, -0.25) is 9.79 Å². The molecular weight excluding hydrogens is 412 g/mol. The smallest absolute Gasteiger partial charge is 0.248 e. The molecule has 0 saturated heterocycles. The summed E-state index contributed by atoms with van der Waals surface area (Å²) in [4.78, 5) is 15.7. The molecular formula is C27H40N4O2. The third-order valence-corrected chi connectivity index (χ3v) is 4.47. The van der Waals surface area contributed by atoms with Gasteiger partial charge in [-0.2, -0.15) is 0 Å². The molecule has 33 heavy (non-hydrogen) atoms. The predicted octanol–water partition coefficient (Wildman–Crippen LogP) is 6.71. The Morgan fingerprint density at radius 2 is 1.88 bits per heavy atom. The molecule has 1 amide bonds. The molecule has 4 N–H and O–H groups in total. The van der Waals surface area contributed by atoms with Gasteiger partial charge in [-0.05, 0) is 56.0 Å². The molecule has 0 aromatic heterocycles. The van der Waals surface area contributed by atoms with E-state index < -0.39 is 5.91 Å². The van der Waals surface area contributed by atoms with Crippen LogP contribution in [0, 0.1) is 5.41 Å². The Morgan fingerprint density at radius 1 is 1.21 bits per heavy atom. The number of hydrogen-bond acceptors (Lipinski definition) is 5. The third-order valence-electron chi connectivity index (χ3n) is 4.47. The minimum absolute atomic E-state index is 0. The highest BCUT2D eigenvalue weighted by Crippen LogP contribution is 2.26. The highest BCUT2D eigenvalue weighted by molar-refractivity contribution is 5.95. The van der Waals surface area contributed by atoms with Crippen molar-refractivity contribution in [3.63, 3.8) is 0 Å². The second-order valence-corrected chi connectivity index (χ2v) is 6.21. The van der Waals surface area contributed by atoms with Crippen LogP contribution in [0.1, 0.15) is 70.0 Å². The zero-order chi connectivity index (χ0) is 25.4. The number of aryl methyl sites for hydroxylation is 1. The first-order chi connectivity index (χ1) is 16.0. The molecule has 2 rings (SSSR count). The van der Waals surface area contributed by atoms with E-state index in [2.05, 4.69) is 17.0 Å². The topological polar surface area (TPSA) is 101 Å². The third kappa shape index (κ3) is 8.41. The maximum absolute atomic E-state index is 11.6. The molecule has 0 aliphatic rings. The standard InChI is InChI=1S/C23H26N4O2.2C2H6.H2/c1-5-15-11-16(8-10-20(15)23(25)28)21(26-3)12-18(6-2)29-19-9-7-17(14-24)22(13-19)27-4;2*1-2;/h6-14,24,27H,3,5H2,1-2,4H3,(H2,25,28);2*1-2H3;1H/b18-6+,21-12-,24-14?;;;. The minimum Gasteiger partial charge on any atom is -0.458 e. The van der Waals surface area contributed by atoms with E-state index in [1.165, 1.54) is 6.21 Å². The number of carbonyl (C=O) groups is 1. The molecule has 0 bridgehead atoms. The number of benzene rings is 2. The Kier molecular flexibility index (Phi) is 14.2. The van der Waals surface area contributed by atoms with Crippen LogP contribution in [0.4, 0.5) is 5.69 Å². The van der Waals surface area contributed by atoms with Gasteiger partial charge in [0.1, 0.15) is 11.5 Å². The van der Waals surface area contributed by atoms with Crippen LogP contribution in [0.5, 0.6) is 5.75 Å². The van der Waals surface area contributed by atoms with Crippen LogP contribution >= 0.6 is 0 Å². The Hall–Kier alpha value is -3.67. The molecule has 0 aliphatic carbocycles. The van der Waals surface area contributed by atoms with Crippen LogP contribution in [0.15, 0.2) is 59.3 Å². The van der Waals surface area contributed by atoms with Crippen LogP contribution in [-0.4, -0.2) is 25.9 Å². The number of carbonyl (C=O) groups excluding carboxylic acids is 1. The molecule has 0 radical (unpaired) electrons. The fourth-order valence-electron chi connectivity index (χ4n) is 2.89. The van der Waals surface area contributed by atoms with Gasteiger partial charge in [0.25, 0.3) is 0 Å². The molecule has 180 valence electrons. The zero-order valence-corrected chi connectivity index (χ0v) is 21.0. The molecule has 0 unspecified atom stereocenters. The number of nitrogens with two attached hydrogens (primary N) is 1. The highest BCUT2D eigenvalue weighted by Gasteiger charge is 2.10. The molecule has 2 aromatic rings. The molecule has 0 fully saturated rings. The Labute approximate surface area is 200 Å².